The summed E-state index contributed by atoms with van der Waals surface area (Å²) in [4.78, 5) is 24.3. The fourth-order valence-electron chi connectivity index (χ4n) is 4.28. The molecule has 0 unspecified atom stereocenters. The SMILES string of the molecule is CC1(C)CC(CC(=O)N[C@@H](Cc2ccc(O)cc2)C(N)=O)CC(C)(C)N1. The second kappa shape index (κ2) is 7.66. The summed E-state index contributed by atoms with van der Waals surface area (Å²) in [6.07, 6.45) is 2.50. The summed E-state index contributed by atoms with van der Waals surface area (Å²) in [7, 11) is 0. The first-order valence-corrected chi connectivity index (χ1v) is 9.12. The molecule has 1 aliphatic heterocycles. The predicted molar refractivity (Wildman–Crippen MR) is 102 cm³/mol. The standard InChI is InChI=1S/C20H31N3O3/c1-19(2)11-14(12-20(3,4)23-19)10-17(25)22-16(18(21)26)9-13-5-7-15(24)8-6-13/h5-8,14,16,23-24H,9-12H2,1-4H3,(H2,21,26)(H,22,25)/t16-/m0/s1. The lowest BCUT2D eigenvalue weighted by atomic mass is 9.74. The maximum Gasteiger partial charge on any atom is 0.240 e. The quantitative estimate of drug-likeness (QED) is 0.621. The van der Waals surface area contributed by atoms with Gasteiger partial charge in [-0.05, 0) is 64.2 Å². The van der Waals surface area contributed by atoms with Crippen molar-refractivity contribution in [2.24, 2.45) is 11.7 Å². The second-order valence-corrected chi connectivity index (χ2v) is 8.76. The van der Waals surface area contributed by atoms with Crippen LogP contribution in [0, 0.1) is 5.92 Å². The molecule has 6 heteroatoms. The van der Waals surface area contributed by atoms with Crippen LogP contribution in [-0.4, -0.2) is 34.0 Å². The molecule has 1 atom stereocenters. The van der Waals surface area contributed by atoms with Gasteiger partial charge in [0.05, 0.1) is 0 Å². The lowest BCUT2D eigenvalue weighted by Crippen LogP contribution is -2.58. The average molecular weight is 361 g/mol. The lowest BCUT2D eigenvalue weighted by Gasteiger charge is -2.46. The number of hydrogen-bond donors (Lipinski definition) is 4. The van der Waals surface area contributed by atoms with E-state index in [0.29, 0.717) is 12.8 Å². The molecule has 2 rings (SSSR count). The highest BCUT2D eigenvalue weighted by molar-refractivity contribution is 5.86. The molecule has 0 aliphatic carbocycles. The van der Waals surface area contributed by atoms with Gasteiger partial charge in [0, 0.05) is 23.9 Å². The van der Waals surface area contributed by atoms with Crippen LogP contribution in [0.3, 0.4) is 0 Å². The maximum atomic E-state index is 12.5. The monoisotopic (exact) mass is 361 g/mol. The summed E-state index contributed by atoms with van der Waals surface area (Å²) in [6, 6.07) is 5.78. The molecule has 26 heavy (non-hydrogen) atoms. The molecule has 144 valence electrons. The van der Waals surface area contributed by atoms with E-state index in [1.165, 1.54) is 0 Å². The number of piperidine rings is 1. The molecule has 2 amide bonds. The van der Waals surface area contributed by atoms with Crippen LogP contribution in [0.2, 0.25) is 0 Å². The largest absolute Gasteiger partial charge is 0.508 e. The number of phenols is 1. The molecule has 0 saturated carbocycles. The van der Waals surface area contributed by atoms with Crippen LogP contribution < -0.4 is 16.4 Å². The molecule has 1 fully saturated rings. The average Bonchev–Trinajstić information content (AvgIpc) is 2.45. The number of amides is 2. The minimum Gasteiger partial charge on any atom is -0.508 e. The topological polar surface area (TPSA) is 104 Å². The van der Waals surface area contributed by atoms with Crippen LogP contribution in [0.1, 0.15) is 52.5 Å². The third-order valence-electron chi connectivity index (χ3n) is 4.80. The van der Waals surface area contributed by atoms with Gasteiger partial charge in [-0.25, -0.2) is 0 Å². The highest BCUT2D eigenvalue weighted by Crippen LogP contribution is 2.34. The molecular formula is C20H31N3O3. The van der Waals surface area contributed by atoms with Crippen molar-refractivity contribution >= 4 is 11.8 Å². The first-order chi connectivity index (χ1) is 12.0. The number of aromatic hydroxyl groups is 1. The summed E-state index contributed by atoms with van der Waals surface area (Å²) in [5.41, 5.74) is 6.25. The molecule has 1 heterocycles. The number of phenolic OH excluding ortho intramolecular Hbond substituents is 1. The van der Waals surface area contributed by atoms with Crippen LogP contribution in [-0.2, 0) is 16.0 Å². The van der Waals surface area contributed by atoms with E-state index in [1.807, 2.05) is 0 Å². The molecule has 6 nitrogen and oxygen atoms in total. The predicted octanol–water partition coefficient (Wildman–Crippen LogP) is 1.85. The third-order valence-corrected chi connectivity index (χ3v) is 4.80. The van der Waals surface area contributed by atoms with E-state index in [0.717, 1.165) is 18.4 Å². The molecule has 0 spiro atoms. The van der Waals surface area contributed by atoms with Gasteiger partial charge in [0.25, 0.3) is 0 Å². The van der Waals surface area contributed by atoms with Crippen LogP contribution in [0.15, 0.2) is 24.3 Å². The number of carbonyl (C=O) groups is 2. The molecule has 0 bridgehead atoms. The van der Waals surface area contributed by atoms with Crippen molar-refractivity contribution < 1.29 is 14.7 Å². The highest BCUT2D eigenvalue weighted by atomic mass is 16.3. The second-order valence-electron chi connectivity index (χ2n) is 8.76. The Hall–Kier alpha value is -2.08. The smallest absolute Gasteiger partial charge is 0.240 e. The van der Waals surface area contributed by atoms with E-state index in [2.05, 4.69) is 38.3 Å². The van der Waals surface area contributed by atoms with Crippen LogP contribution in [0.25, 0.3) is 0 Å². The van der Waals surface area contributed by atoms with E-state index in [9.17, 15) is 14.7 Å². The normalized spacial score (nSPS) is 20.3. The lowest BCUT2D eigenvalue weighted by molar-refractivity contribution is -0.128. The molecule has 1 aromatic carbocycles. The molecule has 5 N–H and O–H groups in total. The molecule has 0 aromatic heterocycles. The van der Waals surface area contributed by atoms with E-state index >= 15 is 0 Å². The van der Waals surface area contributed by atoms with Gasteiger partial charge < -0.3 is 21.5 Å². The van der Waals surface area contributed by atoms with E-state index in [-0.39, 0.29) is 28.7 Å². The fraction of sp³-hybridized carbons (Fsp3) is 0.600. The van der Waals surface area contributed by atoms with Crippen LogP contribution in [0.5, 0.6) is 5.75 Å². The molecule has 0 radical (unpaired) electrons. The number of benzene rings is 1. The van der Waals surface area contributed by atoms with Crippen molar-refractivity contribution in [1.82, 2.24) is 10.6 Å². The Morgan fingerprint density at radius 3 is 2.23 bits per heavy atom. The summed E-state index contributed by atoms with van der Waals surface area (Å²) in [5.74, 6) is -0.295. The van der Waals surface area contributed by atoms with E-state index in [4.69, 9.17) is 5.73 Å². The maximum absolute atomic E-state index is 12.5. The van der Waals surface area contributed by atoms with E-state index in [1.54, 1.807) is 24.3 Å². The van der Waals surface area contributed by atoms with Crippen molar-refractivity contribution in [1.29, 1.82) is 0 Å². The van der Waals surface area contributed by atoms with Crippen molar-refractivity contribution in [3.05, 3.63) is 29.8 Å². The van der Waals surface area contributed by atoms with E-state index < -0.39 is 11.9 Å². The number of rotatable bonds is 6. The number of primary amides is 1. The Morgan fingerprint density at radius 1 is 1.19 bits per heavy atom. The van der Waals surface area contributed by atoms with Gasteiger partial charge in [0.15, 0.2) is 0 Å². The number of nitrogens with one attached hydrogen (secondary N) is 2. The van der Waals surface area contributed by atoms with Crippen LogP contribution in [0.4, 0.5) is 0 Å². The highest BCUT2D eigenvalue weighted by Gasteiger charge is 2.38. The Kier molecular flexibility index (Phi) is 5.96. The summed E-state index contributed by atoms with van der Waals surface area (Å²) in [6.45, 7) is 8.59. The summed E-state index contributed by atoms with van der Waals surface area (Å²) in [5, 5.41) is 15.7. The van der Waals surface area contributed by atoms with Crippen molar-refractivity contribution in [3.8, 4) is 5.75 Å². The zero-order chi connectivity index (χ0) is 19.5. The first kappa shape index (κ1) is 20.2. The van der Waals surface area contributed by atoms with Gasteiger partial charge in [-0.1, -0.05) is 12.1 Å². The Labute approximate surface area is 155 Å². The number of carbonyl (C=O) groups excluding carboxylic acids is 2. The summed E-state index contributed by atoms with van der Waals surface area (Å²) < 4.78 is 0. The first-order valence-electron chi connectivity index (χ1n) is 9.12. The third kappa shape index (κ3) is 6.02. The molecule has 1 aliphatic rings. The molecular weight excluding hydrogens is 330 g/mol. The Bertz CT molecular complexity index is 637. The summed E-state index contributed by atoms with van der Waals surface area (Å²) >= 11 is 0. The minimum absolute atomic E-state index is 0.0260. The minimum atomic E-state index is -0.755. The fourth-order valence-corrected chi connectivity index (χ4v) is 4.28. The van der Waals surface area contributed by atoms with Gasteiger partial charge in [-0.2, -0.15) is 0 Å². The molecule has 1 aromatic rings. The number of hydrogen-bond acceptors (Lipinski definition) is 4. The van der Waals surface area contributed by atoms with Gasteiger partial charge in [-0.3, -0.25) is 9.59 Å². The van der Waals surface area contributed by atoms with Gasteiger partial charge in [0.2, 0.25) is 11.8 Å². The molecule has 1 saturated heterocycles. The number of nitrogens with two attached hydrogens (primary N) is 1. The van der Waals surface area contributed by atoms with Crippen molar-refractivity contribution in [2.45, 2.75) is 70.5 Å². The van der Waals surface area contributed by atoms with Crippen molar-refractivity contribution in [3.63, 3.8) is 0 Å². The zero-order valence-electron chi connectivity index (χ0n) is 16.1. The van der Waals surface area contributed by atoms with Gasteiger partial charge in [-0.15, -0.1) is 0 Å². The van der Waals surface area contributed by atoms with Gasteiger partial charge >= 0.3 is 0 Å². The van der Waals surface area contributed by atoms with Gasteiger partial charge in [0.1, 0.15) is 11.8 Å². The zero-order valence-corrected chi connectivity index (χ0v) is 16.1. The Balaban J connectivity index is 1.97. The van der Waals surface area contributed by atoms with Crippen molar-refractivity contribution in [2.75, 3.05) is 0 Å². The van der Waals surface area contributed by atoms with Crippen LogP contribution >= 0.6 is 0 Å². The Morgan fingerprint density at radius 2 is 1.73 bits per heavy atom.